The Kier molecular flexibility index (Phi) is 15.6. The molecule has 3 rings (SSSR count). The van der Waals surface area contributed by atoms with Crippen LogP contribution in [-0.2, 0) is 25.7 Å². The number of piperidine rings is 1. The molecule has 2 fully saturated rings. The van der Waals surface area contributed by atoms with Gasteiger partial charge in [-0.05, 0) is 45.0 Å². The van der Waals surface area contributed by atoms with E-state index in [9.17, 15) is 44.3 Å². The molecule has 252 valence electrons. The van der Waals surface area contributed by atoms with Crippen LogP contribution >= 0.6 is 0 Å². The summed E-state index contributed by atoms with van der Waals surface area (Å²) < 4.78 is 95.2. The molecule has 0 radical (unpaired) electrons. The number of carbonyl (C=O) groups is 4. The van der Waals surface area contributed by atoms with Crippen LogP contribution in [0.25, 0.3) is 0 Å². The van der Waals surface area contributed by atoms with Crippen molar-refractivity contribution in [2.24, 2.45) is 5.92 Å². The molecule has 11 nitrogen and oxygen atoms in total. The second kappa shape index (κ2) is 17.0. The second-order valence-electron chi connectivity index (χ2n) is 9.66. The normalized spacial score (nSPS) is 20.1. The molecule has 3 N–H and O–H groups in total. The molecule has 44 heavy (non-hydrogen) atoms. The SMILES string of the molecule is CC(=O)N1[C@H](CN(C)C)C[C@@H]2CN(Cc3ccccn3)CC[C@@H]21.O=C(O)C(F)(F)F.O=C(O)C(F)(F)F.O=C(O)C(F)(F)F. The van der Waals surface area contributed by atoms with E-state index in [-0.39, 0.29) is 5.91 Å². The summed E-state index contributed by atoms with van der Waals surface area (Å²) in [6.07, 6.45) is -11.2. The van der Waals surface area contributed by atoms with Crippen LogP contribution in [0, 0.1) is 5.92 Å². The van der Waals surface area contributed by atoms with Crippen LogP contribution in [0.3, 0.4) is 0 Å². The number of carboxylic acid groups (broad SMARTS) is 3. The monoisotopic (exact) mass is 658 g/mol. The van der Waals surface area contributed by atoms with Gasteiger partial charge in [0.1, 0.15) is 0 Å². The molecule has 2 aliphatic heterocycles. The largest absolute Gasteiger partial charge is 0.490 e. The Balaban J connectivity index is 0.000000721. The number of hydrogen-bond donors (Lipinski definition) is 3. The van der Waals surface area contributed by atoms with Crippen LogP contribution in [-0.4, -0.2) is 123 Å². The van der Waals surface area contributed by atoms with Gasteiger partial charge >= 0.3 is 36.4 Å². The summed E-state index contributed by atoms with van der Waals surface area (Å²) in [5.41, 5.74) is 1.14. The average molecular weight is 659 g/mol. The fourth-order valence-electron chi connectivity index (χ4n) is 4.37. The van der Waals surface area contributed by atoms with Crippen molar-refractivity contribution in [1.82, 2.24) is 19.7 Å². The van der Waals surface area contributed by atoms with Crippen LogP contribution in [0.15, 0.2) is 24.4 Å². The summed E-state index contributed by atoms with van der Waals surface area (Å²) >= 11 is 0. The molecule has 0 aliphatic carbocycles. The lowest BCUT2D eigenvalue weighted by atomic mass is 9.92. The number of halogens is 9. The van der Waals surface area contributed by atoms with Crippen molar-refractivity contribution in [1.29, 1.82) is 0 Å². The van der Waals surface area contributed by atoms with E-state index in [1.165, 1.54) is 0 Å². The van der Waals surface area contributed by atoms with Crippen molar-refractivity contribution in [3.8, 4) is 0 Å². The van der Waals surface area contributed by atoms with Crippen molar-refractivity contribution < 1.29 is 74.0 Å². The van der Waals surface area contributed by atoms with Gasteiger partial charge in [0.2, 0.25) is 5.91 Å². The van der Waals surface area contributed by atoms with Crippen LogP contribution in [0.2, 0.25) is 0 Å². The standard InChI is InChI=1S/C18H28N4O.3C2HF3O2/c1-14(23)22-17(13-20(2)3)10-15-11-21(9-7-18(15)22)12-16-6-4-5-8-19-16;3*3-2(4,5)1(6)7/h4-6,8,15,17-18H,7,9-13H2,1-3H3;3*(H,6,7)/t15-,17+,18+;;;/m1.../s1. The summed E-state index contributed by atoms with van der Waals surface area (Å²) in [5, 5.41) is 21.4. The van der Waals surface area contributed by atoms with Gasteiger partial charge in [0.05, 0.1) is 5.69 Å². The molecule has 1 amide bonds. The summed E-state index contributed by atoms with van der Waals surface area (Å²) in [4.78, 5) is 50.1. The second-order valence-corrected chi connectivity index (χ2v) is 9.66. The number of aliphatic carboxylic acids is 3. The van der Waals surface area contributed by atoms with Crippen LogP contribution < -0.4 is 0 Å². The third-order valence-corrected chi connectivity index (χ3v) is 5.88. The van der Waals surface area contributed by atoms with Crippen molar-refractivity contribution in [2.75, 3.05) is 33.7 Å². The number of amides is 1. The highest BCUT2D eigenvalue weighted by atomic mass is 19.4. The van der Waals surface area contributed by atoms with Crippen LogP contribution in [0.4, 0.5) is 39.5 Å². The van der Waals surface area contributed by atoms with Gasteiger partial charge in [-0.2, -0.15) is 39.5 Å². The molecule has 0 aromatic carbocycles. The first-order valence-corrected chi connectivity index (χ1v) is 12.3. The van der Waals surface area contributed by atoms with E-state index in [0.29, 0.717) is 18.0 Å². The van der Waals surface area contributed by atoms with Crippen molar-refractivity contribution in [2.45, 2.75) is 56.9 Å². The minimum Gasteiger partial charge on any atom is -0.475 e. The zero-order chi connectivity index (χ0) is 34.6. The number of nitrogens with zero attached hydrogens (tertiary/aromatic N) is 4. The summed E-state index contributed by atoms with van der Waals surface area (Å²) in [7, 11) is 4.18. The molecule has 0 unspecified atom stereocenters. The van der Waals surface area contributed by atoms with E-state index >= 15 is 0 Å². The van der Waals surface area contributed by atoms with Gasteiger partial charge in [0, 0.05) is 51.4 Å². The van der Waals surface area contributed by atoms with Gasteiger partial charge in [0.25, 0.3) is 0 Å². The first-order chi connectivity index (χ1) is 19.9. The van der Waals surface area contributed by atoms with Gasteiger partial charge < -0.3 is 25.1 Å². The third-order valence-electron chi connectivity index (χ3n) is 5.88. The maximum Gasteiger partial charge on any atom is 0.490 e. The van der Waals surface area contributed by atoms with Crippen LogP contribution in [0.5, 0.6) is 0 Å². The van der Waals surface area contributed by atoms with E-state index in [0.717, 1.165) is 44.7 Å². The Morgan fingerprint density at radius 2 is 1.34 bits per heavy atom. The van der Waals surface area contributed by atoms with Gasteiger partial charge in [-0.1, -0.05) is 6.07 Å². The Morgan fingerprint density at radius 1 is 0.886 bits per heavy atom. The van der Waals surface area contributed by atoms with Gasteiger partial charge in [0.15, 0.2) is 0 Å². The highest BCUT2D eigenvalue weighted by Crippen LogP contribution is 2.36. The zero-order valence-corrected chi connectivity index (χ0v) is 23.4. The number of alkyl halides is 9. The van der Waals surface area contributed by atoms with E-state index in [2.05, 4.69) is 45.9 Å². The zero-order valence-electron chi connectivity index (χ0n) is 23.4. The molecule has 2 aliphatic rings. The van der Waals surface area contributed by atoms with Crippen molar-refractivity contribution >= 4 is 23.8 Å². The maximum atomic E-state index is 12.1. The molecule has 0 saturated carbocycles. The number of carboxylic acids is 3. The molecule has 20 heteroatoms. The minimum absolute atomic E-state index is 0.238. The number of fused-ring (bicyclic) bond motifs is 1. The molecular formula is C24H31F9N4O7. The number of hydrogen-bond acceptors (Lipinski definition) is 7. The highest BCUT2D eigenvalue weighted by Gasteiger charge is 2.45. The minimum atomic E-state index is -5.08. The number of likely N-dealkylation sites (tertiary alicyclic amines) is 2. The topological polar surface area (TPSA) is 152 Å². The Labute approximate surface area is 244 Å². The first kappa shape index (κ1) is 40.3. The Hall–Kier alpha value is -3.68. The van der Waals surface area contributed by atoms with Crippen molar-refractivity contribution in [3.63, 3.8) is 0 Å². The van der Waals surface area contributed by atoms with E-state index in [1.807, 2.05) is 12.3 Å². The highest BCUT2D eigenvalue weighted by molar-refractivity contribution is 5.75. The fraction of sp³-hybridized carbons (Fsp3) is 0.625. The maximum absolute atomic E-state index is 12.1. The van der Waals surface area contributed by atoms with E-state index in [1.54, 1.807) is 6.92 Å². The number of aromatic nitrogens is 1. The quantitative estimate of drug-likeness (QED) is 0.411. The molecule has 3 heterocycles. The lowest BCUT2D eigenvalue weighted by Gasteiger charge is -2.38. The predicted octanol–water partition coefficient (Wildman–Crippen LogP) is 3.35. The Morgan fingerprint density at radius 3 is 1.68 bits per heavy atom. The lowest BCUT2D eigenvalue weighted by molar-refractivity contribution is -0.193. The summed E-state index contributed by atoms with van der Waals surface area (Å²) in [6, 6.07) is 6.90. The van der Waals surface area contributed by atoms with Gasteiger partial charge in [-0.15, -0.1) is 0 Å². The van der Waals surface area contributed by atoms with Crippen LogP contribution in [0.1, 0.15) is 25.5 Å². The number of pyridine rings is 1. The van der Waals surface area contributed by atoms with E-state index < -0.39 is 36.4 Å². The molecular weight excluding hydrogens is 627 g/mol. The predicted molar refractivity (Wildman–Crippen MR) is 132 cm³/mol. The molecule has 1 aromatic rings. The lowest BCUT2D eigenvalue weighted by Crippen LogP contribution is -2.49. The average Bonchev–Trinajstić information content (AvgIpc) is 3.20. The number of rotatable bonds is 4. The van der Waals surface area contributed by atoms with Gasteiger partial charge in [-0.3, -0.25) is 14.7 Å². The molecule has 2 saturated heterocycles. The summed E-state index contributed by atoms with van der Waals surface area (Å²) in [6.45, 7) is 5.74. The smallest absolute Gasteiger partial charge is 0.475 e. The number of likely N-dealkylation sites (N-methyl/N-ethyl adjacent to an activating group) is 1. The third kappa shape index (κ3) is 15.2. The Bertz CT molecular complexity index is 1030. The number of carbonyl (C=O) groups excluding carboxylic acids is 1. The van der Waals surface area contributed by atoms with Gasteiger partial charge in [-0.25, -0.2) is 14.4 Å². The van der Waals surface area contributed by atoms with Crippen molar-refractivity contribution in [3.05, 3.63) is 30.1 Å². The summed E-state index contributed by atoms with van der Waals surface area (Å²) in [5.74, 6) is -7.43. The molecule has 0 bridgehead atoms. The fourth-order valence-corrected chi connectivity index (χ4v) is 4.37. The molecule has 1 aromatic heterocycles. The molecule has 3 atom stereocenters. The van der Waals surface area contributed by atoms with E-state index in [4.69, 9.17) is 29.7 Å². The molecule has 0 spiro atoms. The first-order valence-electron chi connectivity index (χ1n) is 12.3.